The molecule has 1 aromatic carbocycles. The number of benzene rings is 1. The molecule has 0 saturated carbocycles. The van der Waals surface area contributed by atoms with Crippen molar-refractivity contribution in [2.24, 2.45) is 4.99 Å². The number of fused-ring (bicyclic) bond motifs is 2. The summed E-state index contributed by atoms with van der Waals surface area (Å²) < 4.78 is 3.32. The lowest BCUT2D eigenvalue weighted by Crippen LogP contribution is -2.44. The summed E-state index contributed by atoms with van der Waals surface area (Å²) >= 11 is 3.79. The lowest BCUT2D eigenvalue weighted by molar-refractivity contribution is 0.313. The Hall–Kier alpha value is -1.85. The first kappa shape index (κ1) is 16.3. The highest BCUT2D eigenvalue weighted by Gasteiger charge is 2.28. The number of anilines is 1. The highest BCUT2D eigenvalue weighted by Crippen LogP contribution is 2.44. The molecule has 5 rings (SSSR count). The van der Waals surface area contributed by atoms with Crippen molar-refractivity contribution in [1.82, 2.24) is 9.47 Å². The standard InChI is InChI=1S/C21H23BrN4/c1-14-6-7-17(25-12-10-24(2)11-13-25)18-19(14)26-9-8-15-4-3-5-16(20(15)26)21(22)23-18/h5-9H,3-4,10-13H2,1-2H3. The van der Waals surface area contributed by atoms with Crippen LogP contribution in [0.25, 0.3) is 11.3 Å². The Morgan fingerprint density at radius 3 is 2.69 bits per heavy atom. The van der Waals surface area contributed by atoms with Crippen molar-refractivity contribution in [1.29, 1.82) is 0 Å². The number of piperazine rings is 1. The van der Waals surface area contributed by atoms with Crippen LogP contribution in [0.4, 0.5) is 11.4 Å². The van der Waals surface area contributed by atoms with Gasteiger partial charge in [0.1, 0.15) is 10.3 Å². The quantitative estimate of drug-likeness (QED) is 0.699. The Bertz CT molecular complexity index is 945. The second kappa shape index (κ2) is 6.10. The second-order valence-corrected chi connectivity index (χ2v) is 8.26. The molecule has 134 valence electrons. The summed E-state index contributed by atoms with van der Waals surface area (Å²) in [6.45, 7) is 6.48. The first-order valence-corrected chi connectivity index (χ1v) is 10.2. The van der Waals surface area contributed by atoms with E-state index in [2.05, 4.69) is 74.7 Å². The smallest absolute Gasteiger partial charge is 0.115 e. The Morgan fingerprint density at radius 1 is 1.08 bits per heavy atom. The third-order valence-electron chi connectivity index (χ3n) is 5.84. The second-order valence-electron chi connectivity index (χ2n) is 7.51. The summed E-state index contributed by atoms with van der Waals surface area (Å²) in [5, 5.41) is 0. The molecule has 1 aromatic heterocycles. The van der Waals surface area contributed by atoms with Gasteiger partial charge in [-0.3, -0.25) is 0 Å². The summed E-state index contributed by atoms with van der Waals surface area (Å²) in [5.74, 6) is 0. The third-order valence-corrected chi connectivity index (χ3v) is 6.44. The molecular weight excluding hydrogens is 388 g/mol. The van der Waals surface area contributed by atoms with E-state index in [1.807, 2.05) is 0 Å². The fraction of sp³-hybridized carbons (Fsp3) is 0.381. The minimum atomic E-state index is 0.957. The minimum absolute atomic E-state index is 0.957. The molecule has 1 saturated heterocycles. The first-order chi connectivity index (χ1) is 12.6. The molecule has 1 aliphatic carbocycles. The van der Waals surface area contributed by atoms with Crippen molar-refractivity contribution in [2.45, 2.75) is 19.8 Å². The van der Waals surface area contributed by atoms with E-state index in [1.165, 1.54) is 33.8 Å². The minimum Gasteiger partial charge on any atom is -0.367 e. The first-order valence-electron chi connectivity index (χ1n) is 9.36. The van der Waals surface area contributed by atoms with Crippen LogP contribution in [-0.2, 0) is 6.42 Å². The van der Waals surface area contributed by atoms with Gasteiger partial charge in [-0.15, -0.1) is 0 Å². The number of aliphatic imine (C=N–C) groups is 1. The van der Waals surface area contributed by atoms with E-state index >= 15 is 0 Å². The summed E-state index contributed by atoms with van der Waals surface area (Å²) in [6, 6.07) is 6.78. The molecule has 0 radical (unpaired) electrons. The Kier molecular flexibility index (Phi) is 3.83. The van der Waals surface area contributed by atoms with Crippen molar-refractivity contribution >= 4 is 37.5 Å². The van der Waals surface area contributed by atoms with Crippen LogP contribution in [0.15, 0.2) is 35.5 Å². The molecule has 26 heavy (non-hydrogen) atoms. The van der Waals surface area contributed by atoms with Gasteiger partial charge in [0.25, 0.3) is 0 Å². The monoisotopic (exact) mass is 410 g/mol. The molecule has 2 aliphatic heterocycles. The van der Waals surface area contributed by atoms with Gasteiger partial charge < -0.3 is 14.4 Å². The molecule has 4 nitrogen and oxygen atoms in total. The highest BCUT2D eigenvalue weighted by molar-refractivity contribution is 9.18. The maximum absolute atomic E-state index is 5.10. The number of rotatable bonds is 1. The van der Waals surface area contributed by atoms with E-state index in [9.17, 15) is 0 Å². The van der Waals surface area contributed by atoms with Crippen molar-refractivity contribution in [2.75, 3.05) is 38.1 Å². The van der Waals surface area contributed by atoms with Crippen molar-refractivity contribution < 1.29 is 0 Å². The average molecular weight is 411 g/mol. The average Bonchev–Trinajstić information content (AvgIpc) is 3.01. The van der Waals surface area contributed by atoms with Gasteiger partial charge in [0.2, 0.25) is 0 Å². The van der Waals surface area contributed by atoms with Crippen LogP contribution in [0.3, 0.4) is 0 Å². The van der Waals surface area contributed by atoms with E-state index in [0.29, 0.717) is 0 Å². The summed E-state index contributed by atoms with van der Waals surface area (Å²) in [5.41, 5.74) is 8.80. The maximum Gasteiger partial charge on any atom is 0.115 e. The number of hydrogen-bond acceptors (Lipinski definition) is 3. The molecule has 1 fully saturated rings. The van der Waals surface area contributed by atoms with Crippen molar-refractivity contribution in [3.63, 3.8) is 0 Å². The normalized spacial score (nSPS) is 19.4. The predicted octanol–water partition coefficient (Wildman–Crippen LogP) is 4.31. The van der Waals surface area contributed by atoms with Gasteiger partial charge in [-0.1, -0.05) is 12.1 Å². The number of allylic oxidation sites excluding steroid dienone is 2. The van der Waals surface area contributed by atoms with Gasteiger partial charge in [0.05, 0.1) is 17.1 Å². The Morgan fingerprint density at radius 2 is 1.88 bits per heavy atom. The zero-order valence-corrected chi connectivity index (χ0v) is 16.9. The number of aromatic nitrogens is 1. The van der Waals surface area contributed by atoms with Gasteiger partial charge in [-0.05, 0) is 66.0 Å². The number of aryl methyl sites for hydroxylation is 2. The van der Waals surface area contributed by atoms with Crippen LogP contribution in [0, 0.1) is 6.92 Å². The Balaban J connectivity index is 1.75. The van der Waals surface area contributed by atoms with E-state index in [1.54, 1.807) is 0 Å². The summed E-state index contributed by atoms with van der Waals surface area (Å²) in [4.78, 5) is 9.98. The van der Waals surface area contributed by atoms with Crippen molar-refractivity contribution in [3.8, 4) is 5.69 Å². The molecule has 0 N–H and O–H groups in total. The van der Waals surface area contributed by atoms with E-state index in [0.717, 1.165) is 49.3 Å². The molecule has 3 heterocycles. The van der Waals surface area contributed by atoms with E-state index < -0.39 is 0 Å². The topological polar surface area (TPSA) is 23.8 Å². The van der Waals surface area contributed by atoms with E-state index in [-0.39, 0.29) is 0 Å². The third kappa shape index (κ3) is 2.41. The van der Waals surface area contributed by atoms with Crippen LogP contribution >= 0.6 is 15.9 Å². The number of hydrogen-bond donors (Lipinski definition) is 0. The number of nitrogens with zero attached hydrogens (tertiary/aromatic N) is 4. The van der Waals surface area contributed by atoms with Gasteiger partial charge in [-0.2, -0.15) is 0 Å². The van der Waals surface area contributed by atoms with Crippen LogP contribution in [0.2, 0.25) is 0 Å². The summed E-state index contributed by atoms with van der Waals surface area (Å²) in [6.07, 6.45) is 6.74. The molecule has 3 aliphatic rings. The lowest BCUT2D eigenvalue weighted by Gasteiger charge is -2.35. The van der Waals surface area contributed by atoms with Gasteiger partial charge in [0.15, 0.2) is 0 Å². The molecular formula is C21H23BrN4. The molecule has 0 atom stereocenters. The lowest BCUT2D eigenvalue weighted by atomic mass is 9.98. The SMILES string of the molecule is Cc1ccc(N2CCN(C)CC2)c2c1-n1ccc3c1C(=CCC3)C(Br)=N2. The van der Waals surface area contributed by atoms with Gasteiger partial charge in [-0.25, -0.2) is 4.99 Å². The largest absolute Gasteiger partial charge is 0.367 e. The fourth-order valence-electron chi connectivity index (χ4n) is 4.36. The van der Waals surface area contributed by atoms with Crippen LogP contribution in [0.1, 0.15) is 23.2 Å². The molecule has 0 bridgehead atoms. The van der Waals surface area contributed by atoms with Gasteiger partial charge >= 0.3 is 0 Å². The van der Waals surface area contributed by atoms with Crippen molar-refractivity contribution in [3.05, 3.63) is 47.3 Å². The fourth-order valence-corrected chi connectivity index (χ4v) is 4.89. The molecule has 2 aromatic rings. The van der Waals surface area contributed by atoms with Crippen LogP contribution in [-0.4, -0.2) is 47.3 Å². The number of halogens is 1. The van der Waals surface area contributed by atoms with Crippen LogP contribution in [0.5, 0.6) is 0 Å². The molecule has 5 heteroatoms. The Labute approximate surface area is 162 Å². The predicted molar refractivity (Wildman–Crippen MR) is 113 cm³/mol. The van der Waals surface area contributed by atoms with Gasteiger partial charge in [0, 0.05) is 37.9 Å². The summed E-state index contributed by atoms with van der Waals surface area (Å²) in [7, 11) is 2.20. The highest BCUT2D eigenvalue weighted by atomic mass is 79.9. The molecule has 0 spiro atoms. The maximum atomic E-state index is 5.10. The van der Waals surface area contributed by atoms with Crippen LogP contribution < -0.4 is 4.90 Å². The molecule has 0 amide bonds. The zero-order chi connectivity index (χ0) is 17.8. The van der Waals surface area contributed by atoms with E-state index in [4.69, 9.17) is 4.99 Å². The molecule has 0 unspecified atom stereocenters. The zero-order valence-electron chi connectivity index (χ0n) is 15.3. The number of likely N-dealkylation sites (N-methyl/N-ethyl adjacent to an activating group) is 1.